The summed E-state index contributed by atoms with van der Waals surface area (Å²) in [4.78, 5) is 11.6. The molecule has 2 rings (SSSR count). The Labute approximate surface area is 119 Å². The average Bonchev–Trinajstić information content (AvgIpc) is 2.49. The summed E-state index contributed by atoms with van der Waals surface area (Å²) in [5, 5.41) is 3.40. The van der Waals surface area contributed by atoms with Gasteiger partial charge in [-0.25, -0.2) is 0 Å². The molecule has 0 aliphatic rings. The summed E-state index contributed by atoms with van der Waals surface area (Å²) in [6, 6.07) is 11.5. The van der Waals surface area contributed by atoms with Crippen LogP contribution in [0.15, 0.2) is 47.4 Å². The number of rotatable bonds is 5. The second-order valence-corrected chi connectivity index (χ2v) is 4.68. The second-order valence-electron chi connectivity index (χ2n) is 4.68. The van der Waals surface area contributed by atoms with E-state index in [4.69, 9.17) is 4.74 Å². The molecule has 20 heavy (non-hydrogen) atoms. The molecule has 0 bridgehead atoms. The minimum absolute atomic E-state index is 0.0233. The summed E-state index contributed by atoms with van der Waals surface area (Å²) >= 11 is 0. The van der Waals surface area contributed by atoms with Crippen LogP contribution in [0.2, 0.25) is 0 Å². The smallest absolute Gasteiger partial charge is 0.250 e. The molecule has 0 saturated heterocycles. The van der Waals surface area contributed by atoms with Crippen LogP contribution >= 0.6 is 0 Å². The molecule has 0 aliphatic heterocycles. The number of hydrogen-bond acceptors (Lipinski definition) is 3. The third-order valence-electron chi connectivity index (χ3n) is 3.32. The first-order valence-electron chi connectivity index (χ1n) is 6.75. The molecule has 0 fully saturated rings. The minimum atomic E-state index is 0.0233. The van der Waals surface area contributed by atoms with Gasteiger partial charge in [0.2, 0.25) is 0 Å². The van der Waals surface area contributed by atoms with Crippen LogP contribution in [-0.4, -0.2) is 11.7 Å². The van der Waals surface area contributed by atoms with Crippen LogP contribution in [0, 0.1) is 0 Å². The fourth-order valence-electron chi connectivity index (χ4n) is 2.09. The van der Waals surface area contributed by atoms with E-state index in [9.17, 15) is 4.79 Å². The Bertz CT molecular complexity index is 617. The van der Waals surface area contributed by atoms with Crippen molar-refractivity contribution >= 4 is 5.69 Å². The van der Waals surface area contributed by atoms with Gasteiger partial charge in [-0.05, 0) is 37.6 Å². The normalized spacial score (nSPS) is 11.9. The van der Waals surface area contributed by atoms with Crippen molar-refractivity contribution in [3.05, 3.63) is 58.5 Å². The van der Waals surface area contributed by atoms with E-state index in [2.05, 4.69) is 12.2 Å². The third-order valence-corrected chi connectivity index (χ3v) is 3.32. The second kappa shape index (κ2) is 6.28. The lowest BCUT2D eigenvalue weighted by Gasteiger charge is -2.17. The number of benzene rings is 1. The van der Waals surface area contributed by atoms with E-state index < -0.39 is 0 Å². The highest BCUT2D eigenvalue weighted by Crippen LogP contribution is 2.20. The summed E-state index contributed by atoms with van der Waals surface area (Å²) in [6.07, 6.45) is 1.85. The van der Waals surface area contributed by atoms with E-state index in [0.29, 0.717) is 6.54 Å². The number of nitrogens with one attached hydrogen (secondary N) is 1. The van der Waals surface area contributed by atoms with E-state index in [1.165, 1.54) is 5.56 Å². The zero-order valence-corrected chi connectivity index (χ0v) is 12.1. The standard InChI is InChI=1S/C16H20N2O2/c1-4-18-11-14(7-10-16(18)19)17-12(2)13-5-8-15(20-3)9-6-13/h5-12,17H,4H2,1-3H3. The molecular weight excluding hydrogens is 252 g/mol. The average molecular weight is 272 g/mol. The summed E-state index contributed by atoms with van der Waals surface area (Å²) < 4.78 is 6.84. The predicted octanol–water partition coefficient (Wildman–Crippen LogP) is 3.05. The third kappa shape index (κ3) is 3.20. The number of pyridine rings is 1. The molecule has 1 N–H and O–H groups in total. The van der Waals surface area contributed by atoms with Crippen molar-refractivity contribution in [3.8, 4) is 5.75 Å². The molecule has 4 heteroatoms. The molecule has 106 valence electrons. The zero-order chi connectivity index (χ0) is 14.5. The Morgan fingerprint density at radius 3 is 2.50 bits per heavy atom. The fraction of sp³-hybridized carbons (Fsp3) is 0.312. The lowest BCUT2D eigenvalue weighted by atomic mass is 10.1. The largest absolute Gasteiger partial charge is 0.497 e. The van der Waals surface area contributed by atoms with E-state index in [1.807, 2.05) is 43.5 Å². The number of nitrogens with zero attached hydrogens (tertiary/aromatic N) is 1. The molecule has 0 saturated carbocycles. The van der Waals surface area contributed by atoms with E-state index >= 15 is 0 Å². The van der Waals surface area contributed by atoms with Gasteiger partial charge in [-0.2, -0.15) is 0 Å². The van der Waals surface area contributed by atoms with Gasteiger partial charge in [0.05, 0.1) is 12.8 Å². The maximum atomic E-state index is 11.6. The molecular formula is C16H20N2O2. The number of ether oxygens (including phenoxy) is 1. The van der Waals surface area contributed by atoms with Gasteiger partial charge in [0.1, 0.15) is 5.75 Å². The highest BCUT2D eigenvalue weighted by Gasteiger charge is 2.06. The van der Waals surface area contributed by atoms with Crippen molar-refractivity contribution in [1.29, 1.82) is 0 Å². The highest BCUT2D eigenvalue weighted by atomic mass is 16.5. The summed E-state index contributed by atoms with van der Waals surface area (Å²) in [5.74, 6) is 0.848. The first-order chi connectivity index (χ1) is 9.63. The van der Waals surface area contributed by atoms with Crippen LogP contribution in [0.1, 0.15) is 25.5 Å². The van der Waals surface area contributed by atoms with Gasteiger partial charge in [-0.3, -0.25) is 4.79 Å². The van der Waals surface area contributed by atoms with Crippen molar-refractivity contribution in [1.82, 2.24) is 4.57 Å². The quantitative estimate of drug-likeness (QED) is 0.909. The molecule has 1 heterocycles. The van der Waals surface area contributed by atoms with Gasteiger partial charge in [0.15, 0.2) is 0 Å². The first-order valence-corrected chi connectivity index (χ1v) is 6.75. The molecule has 0 aliphatic carbocycles. The maximum Gasteiger partial charge on any atom is 0.250 e. The highest BCUT2D eigenvalue weighted by molar-refractivity contribution is 5.43. The molecule has 4 nitrogen and oxygen atoms in total. The molecule has 0 radical (unpaired) electrons. The van der Waals surface area contributed by atoms with Crippen molar-refractivity contribution in [2.24, 2.45) is 0 Å². The van der Waals surface area contributed by atoms with Crippen LogP contribution in [-0.2, 0) is 6.54 Å². The molecule has 1 unspecified atom stereocenters. The lowest BCUT2D eigenvalue weighted by molar-refractivity contribution is 0.414. The van der Waals surface area contributed by atoms with Crippen LogP contribution in [0.3, 0.4) is 0 Å². The van der Waals surface area contributed by atoms with Crippen LogP contribution in [0.25, 0.3) is 0 Å². The lowest BCUT2D eigenvalue weighted by Crippen LogP contribution is -2.18. The van der Waals surface area contributed by atoms with Crippen molar-refractivity contribution in [2.75, 3.05) is 12.4 Å². The molecule has 1 aromatic heterocycles. The van der Waals surface area contributed by atoms with E-state index in [1.54, 1.807) is 17.7 Å². The van der Waals surface area contributed by atoms with Crippen molar-refractivity contribution in [3.63, 3.8) is 0 Å². The van der Waals surface area contributed by atoms with Gasteiger partial charge in [-0.15, -0.1) is 0 Å². The Hall–Kier alpha value is -2.23. The van der Waals surface area contributed by atoms with Gasteiger partial charge in [0, 0.05) is 24.8 Å². The molecule has 2 aromatic rings. The van der Waals surface area contributed by atoms with Gasteiger partial charge >= 0.3 is 0 Å². The number of hydrogen-bond donors (Lipinski definition) is 1. The van der Waals surface area contributed by atoms with Gasteiger partial charge in [0.25, 0.3) is 5.56 Å². The SMILES string of the molecule is CCn1cc(NC(C)c2ccc(OC)cc2)ccc1=O. The Morgan fingerprint density at radius 2 is 1.90 bits per heavy atom. The Balaban J connectivity index is 2.14. The molecule has 0 spiro atoms. The molecule has 1 aromatic carbocycles. The number of aryl methyl sites for hydroxylation is 1. The van der Waals surface area contributed by atoms with Crippen LogP contribution in [0.4, 0.5) is 5.69 Å². The number of aromatic nitrogens is 1. The first kappa shape index (κ1) is 14.2. The summed E-state index contributed by atoms with van der Waals surface area (Å²) in [5.41, 5.74) is 2.13. The van der Waals surface area contributed by atoms with Crippen LogP contribution < -0.4 is 15.6 Å². The predicted molar refractivity (Wildman–Crippen MR) is 81.4 cm³/mol. The fourth-order valence-corrected chi connectivity index (χ4v) is 2.09. The number of anilines is 1. The van der Waals surface area contributed by atoms with E-state index in [0.717, 1.165) is 11.4 Å². The van der Waals surface area contributed by atoms with Gasteiger partial charge < -0.3 is 14.6 Å². The summed E-state index contributed by atoms with van der Waals surface area (Å²) in [7, 11) is 1.66. The Kier molecular flexibility index (Phi) is 4.45. The molecule has 0 amide bonds. The topological polar surface area (TPSA) is 43.3 Å². The van der Waals surface area contributed by atoms with Crippen molar-refractivity contribution < 1.29 is 4.74 Å². The van der Waals surface area contributed by atoms with Crippen molar-refractivity contribution in [2.45, 2.75) is 26.4 Å². The zero-order valence-electron chi connectivity index (χ0n) is 12.1. The minimum Gasteiger partial charge on any atom is -0.497 e. The maximum absolute atomic E-state index is 11.6. The van der Waals surface area contributed by atoms with Gasteiger partial charge in [-0.1, -0.05) is 12.1 Å². The number of methoxy groups -OCH3 is 1. The van der Waals surface area contributed by atoms with E-state index in [-0.39, 0.29) is 11.6 Å². The Morgan fingerprint density at radius 1 is 1.20 bits per heavy atom. The monoisotopic (exact) mass is 272 g/mol. The van der Waals surface area contributed by atoms with Crippen LogP contribution in [0.5, 0.6) is 5.75 Å². The molecule has 1 atom stereocenters. The summed E-state index contributed by atoms with van der Waals surface area (Å²) in [6.45, 7) is 4.71.